The van der Waals surface area contributed by atoms with E-state index in [4.69, 9.17) is 5.73 Å². The van der Waals surface area contributed by atoms with Crippen LogP contribution < -0.4 is 11.1 Å². The van der Waals surface area contributed by atoms with Gasteiger partial charge in [0.05, 0.1) is 6.54 Å². The Hall–Kier alpha value is -1.59. The lowest BCUT2D eigenvalue weighted by Gasteiger charge is -2.15. The molecule has 1 aromatic rings. The molecule has 1 aromatic carbocycles. The van der Waals surface area contributed by atoms with Crippen LogP contribution in [-0.4, -0.2) is 29.8 Å². The van der Waals surface area contributed by atoms with Crippen molar-refractivity contribution in [3.63, 3.8) is 0 Å². The van der Waals surface area contributed by atoms with Crippen molar-refractivity contribution in [1.29, 1.82) is 0 Å². The van der Waals surface area contributed by atoms with Crippen LogP contribution in [0, 0.1) is 0 Å². The highest BCUT2D eigenvalue weighted by molar-refractivity contribution is 5.94. The van der Waals surface area contributed by atoms with Gasteiger partial charge in [-0.1, -0.05) is 12.1 Å². The van der Waals surface area contributed by atoms with E-state index in [-0.39, 0.29) is 30.8 Å². The maximum Gasteiger partial charge on any atom is 0.243 e. The summed E-state index contributed by atoms with van der Waals surface area (Å²) in [7, 11) is 0. The molecule has 2 amide bonds. The Morgan fingerprint density at radius 1 is 1.32 bits per heavy atom. The number of carbonyl (C=O) groups excluding carboxylic acids is 2. The van der Waals surface area contributed by atoms with Crippen LogP contribution >= 0.6 is 12.4 Å². The maximum atomic E-state index is 11.7. The number of hydrogen-bond donors (Lipinski definition) is 2. The number of halogens is 1. The molecule has 19 heavy (non-hydrogen) atoms. The van der Waals surface area contributed by atoms with Gasteiger partial charge in [-0.3, -0.25) is 9.59 Å². The van der Waals surface area contributed by atoms with Gasteiger partial charge in [0.15, 0.2) is 0 Å². The van der Waals surface area contributed by atoms with Crippen molar-refractivity contribution in [3.05, 3.63) is 29.8 Å². The highest BCUT2D eigenvalue weighted by Crippen LogP contribution is 2.11. The molecule has 0 unspecified atom stereocenters. The monoisotopic (exact) mass is 283 g/mol. The first-order valence-corrected chi connectivity index (χ1v) is 6.05. The summed E-state index contributed by atoms with van der Waals surface area (Å²) < 4.78 is 0. The second-order valence-electron chi connectivity index (χ2n) is 4.37. The van der Waals surface area contributed by atoms with Gasteiger partial charge in [-0.05, 0) is 24.1 Å². The highest BCUT2D eigenvalue weighted by atomic mass is 35.5. The molecule has 104 valence electrons. The first kappa shape index (κ1) is 15.5. The predicted octanol–water partition coefficient (Wildman–Crippen LogP) is 1.13. The number of amides is 2. The van der Waals surface area contributed by atoms with Gasteiger partial charge < -0.3 is 16.0 Å². The van der Waals surface area contributed by atoms with Crippen LogP contribution in [0.4, 0.5) is 5.69 Å². The zero-order chi connectivity index (χ0) is 13.0. The number of rotatable bonds is 4. The number of carbonyl (C=O) groups is 2. The molecule has 0 spiro atoms. The number of nitrogens with two attached hydrogens (primary N) is 1. The molecule has 1 saturated heterocycles. The minimum Gasteiger partial charge on any atom is -0.333 e. The van der Waals surface area contributed by atoms with Gasteiger partial charge in [0, 0.05) is 25.2 Å². The Bertz CT molecular complexity index is 448. The van der Waals surface area contributed by atoms with Crippen LogP contribution in [0.3, 0.4) is 0 Å². The van der Waals surface area contributed by atoms with E-state index in [2.05, 4.69) is 5.32 Å². The van der Waals surface area contributed by atoms with Crippen molar-refractivity contribution in [2.24, 2.45) is 5.73 Å². The van der Waals surface area contributed by atoms with Gasteiger partial charge in [-0.25, -0.2) is 0 Å². The molecule has 5 nitrogen and oxygen atoms in total. The average molecular weight is 284 g/mol. The molecule has 0 bridgehead atoms. The molecule has 0 aliphatic carbocycles. The number of nitrogens with zero attached hydrogens (tertiary/aromatic N) is 1. The van der Waals surface area contributed by atoms with Crippen molar-refractivity contribution in [1.82, 2.24) is 4.90 Å². The molecular weight excluding hydrogens is 266 g/mol. The Labute approximate surface area is 118 Å². The summed E-state index contributed by atoms with van der Waals surface area (Å²) in [5, 5.41) is 2.77. The number of likely N-dealkylation sites (tertiary alicyclic amines) is 1. The van der Waals surface area contributed by atoms with E-state index < -0.39 is 0 Å². The zero-order valence-electron chi connectivity index (χ0n) is 10.6. The Balaban J connectivity index is 0.00000180. The smallest absolute Gasteiger partial charge is 0.243 e. The molecule has 0 radical (unpaired) electrons. The fourth-order valence-corrected chi connectivity index (χ4v) is 1.97. The number of benzene rings is 1. The largest absolute Gasteiger partial charge is 0.333 e. The fourth-order valence-electron chi connectivity index (χ4n) is 1.97. The average Bonchev–Trinajstić information content (AvgIpc) is 2.76. The number of anilines is 1. The van der Waals surface area contributed by atoms with Crippen molar-refractivity contribution >= 4 is 29.9 Å². The fraction of sp³-hybridized carbons (Fsp3) is 0.385. The van der Waals surface area contributed by atoms with Crippen LogP contribution in [0.2, 0.25) is 0 Å². The minimum absolute atomic E-state index is 0. The lowest BCUT2D eigenvalue weighted by atomic mass is 10.2. The lowest BCUT2D eigenvalue weighted by Crippen LogP contribution is -2.33. The molecule has 0 atom stereocenters. The van der Waals surface area contributed by atoms with E-state index in [1.807, 2.05) is 24.3 Å². The molecule has 6 heteroatoms. The third-order valence-electron chi connectivity index (χ3n) is 2.98. The predicted molar refractivity (Wildman–Crippen MR) is 76.0 cm³/mol. The Morgan fingerprint density at radius 3 is 2.53 bits per heavy atom. The standard InChI is InChI=1S/C13H17N3O2.ClH/c14-8-10-3-5-11(6-4-10)15-12(17)9-16-7-1-2-13(16)18;/h3-6H,1-2,7-9,14H2,(H,15,17);1H. The van der Waals surface area contributed by atoms with E-state index in [9.17, 15) is 9.59 Å². The van der Waals surface area contributed by atoms with E-state index in [1.165, 1.54) is 0 Å². The lowest BCUT2D eigenvalue weighted by molar-refractivity contribution is -0.131. The Morgan fingerprint density at radius 2 is 2.00 bits per heavy atom. The molecule has 1 fully saturated rings. The normalized spacial score (nSPS) is 14.2. The van der Waals surface area contributed by atoms with Gasteiger partial charge in [0.25, 0.3) is 0 Å². The van der Waals surface area contributed by atoms with Crippen molar-refractivity contribution < 1.29 is 9.59 Å². The molecule has 3 N–H and O–H groups in total. The summed E-state index contributed by atoms with van der Waals surface area (Å²) in [5.74, 6) is -0.102. The molecule has 0 aromatic heterocycles. The second kappa shape index (κ2) is 7.11. The van der Waals surface area contributed by atoms with Crippen LogP contribution in [0.5, 0.6) is 0 Å². The van der Waals surface area contributed by atoms with Gasteiger partial charge >= 0.3 is 0 Å². The first-order chi connectivity index (χ1) is 8.69. The summed E-state index contributed by atoms with van der Waals surface area (Å²) in [6.45, 7) is 1.30. The van der Waals surface area contributed by atoms with E-state index in [0.29, 0.717) is 19.5 Å². The van der Waals surface area contributed by atoms with Crippen molar-refractivity contribution in [2.75, 3.05) is 18.4 Å². The molecule has 1 heterocycles. The molecule has 0 saturated carbocycles. The zero-order valence-corrected chi connectivity index (χ0v) is 11.4. The van der Waals surface area contributed by atoms with E-state index in [1.54, 1.807) is 4.90 Å². The van der Waals surface area contributed by atoms with Crippen LogP contribution in [0.1, 0.15) is 18.4 Å². The second-order valence-corrected chi connectivity index (χ2v) is 4.37. The van der Waals surface area contributed by atoms with Crippen LogP contribution in [0.25, 0.3) is 0 Å². The van der Waals surface area contributed by atoms with Gasteiger partial charge in [-0.15, -0.1) is 12.4 Å². The summed E-state index contributed by atoms with van der Waals surface area (Å²) in [6, 6.07) is 7.37. The number of hydrogen-bond acceptors (Lipinski definition) is 3. The minimum atomic E-state index is -0.161. The van der Waals surface area contributed by atoms with E-state index >= 15 is 0 Å². The van der Waals surface area contributed by atoms with Crippen molar-refractivity contribution in [2.45, 2.75) is 19.4 Å². The first-order valence-electron chi connectivity index (χ1n) is 6.05. The summed E-state index contributed by atoms with van der Waals surface area (Å²) >= 11 is 0. The molecule has 1 aliphatic heterocycles. The van der Waals surface area contributed by atoms with E-state index in [0.717, 1.165) is 17.7 Å². The van der Waals surface area contributed by atoms with Gasteiger partial charge in [-0.2, -0.15) is 0 Å². The summed E-state index contributed by atoms with van der Waals surface area (Å²) in [5.41, 5.74) is 7.24. The third-order valence-corrected chi connectivity index (χ3v) is 2.98. The molecular formula is C13H18ClN3O2. The van der Waals surface area contributed by atoms with Gasteiger partial charge in [0.1, 0.15) is 0 Å². The Kier molecular flexibility index (Phi) is 5.79. The number of nitrogens with one attached hydrogen (secondary N) is 1. The summed E-state index contributed by atoms with van der Waals surface area (Å²) in [6.07, 6.45) is 1.40. The maximum absolute atomic E-state index is 11.7. The van der Waals surface area contributed by atoms with Gasteiger partial charge in [0.2, 0.25) is 11.8 Å². The topological polar surface area (TPSA) is 75.4 Å². The summed E-state index contributed by atoms with van der Waals surface area (Å²) in [4.78, 5) is 24.7. The molecule has 2 rings (SSSR count). The third kappa shape index (κ3) is 4.22. The SMILES string of the molecule is Cl.NCc1ccc(NC(=O)CN2CCCC2=O)cc1. The van der Waals surface area contributed by atoms with Crippen LogP contribution in [-0.2, 0) is 16.1 Å². The highest BCUT2D eigenvalue weighted by Gasteiger charge is 2.22. The van der Waals surface area contributed by atoms with Crippen LogP contribution in [0.15, 0.2) is 24.3 Å². The quantitative estimate of drug-likeness (QED) is 0.870. The van der Waals surface area contributed by atoms with Crippen molar-refractivity contribution in [3.8, 4) is 0 Å². The molecule has 1 aliphatic rings.